The van der Waals surface area contributed by atoms with Gasteiger partial charge in [0.15, 0.2) is 5.13 Å². The number of para-hydroxylation sites is 1. The van der Waals surface area contributed by atoms with E-state index in [2.05, 4.69) is 10.3 Å². The Bertz CT molecular complexity index is 1540. The van der Waals surface area contributed by atoms with E-state index in [9.17, 15) is 9.59 Å². The maximum atomic E-state index is 13.0. The van der Waals surface area contributed by atoms with Gasteiger partial charge in [-0.15, -0.1) is 0 Å². The van der Waals surface area contributed by atoms with Crippen LogP contribution in [0.5, 0.6) is 5.75 Å². The van der Waals surface area contributed by atoms with Gasteiger partial charge < -0.3 is 10.1 Å². The molecule has 174 valence electrons. The maximum Gasteiger partial charge on any atom is 0.263 e. The number of carbonyl (C=O) groups is 1. The number of hydrogen-bond acceptors (Lipinski definition) is 5. The number of aryl methyl sites for hydroxylation is 1. The molecule has 0 saturated carbocycles. The van der Waals surface area contributed by atoms with Crippen molar-refractivity contribution in [2.24, 2.45) is 0 Å². The van der Waals surface area contributed by atoms with E-state index < -0.39 is 0 Å². The highest BCUT2D eigenvalue weighted by Crippen LogP contribution is 2.30. The summed E-state index contributed by atoms with van der Waals surface area (Å²) >= 11 is 1.19. The molecule has 2 heterocycles. The second-order valence-electron chi connectivity index (χ2n) is 8.05. The minimum absolute atomic E-state index is 0.219. The molecule has 5 aromatic rings. The standard InChI is InChI=1S/C28H23N3O3S/c1-19-26(27(33)29-17-20-9-4-2-5-10-20)35-28(30-19)31-24(32)16-15-22-13-8-14-23(25(22)31)34-18-21-11-6-3-7-12-21/h2-16H,17-18H2,1H3,(H,29,33). The Morgan fingerprint density at radius 1 is 0.914 bits per heavy atom. The molecule has 1 N–H and O–H groups in total. The monoisotopic (exact) mass is 481 g/mol. The van der Waals surface area contributed by atoms with Crippen molar-refractivity contribution in [3.8, 4) is 10.9 Å². The van der Waals surface area contributed by atoms with Crippen LogP contribution < -0.4 is 15.6 Å². The topological polar surface area (TPSA) is 73.2 Å². The van der Waals surface area contributed by atoms with Crippen molar-refractivity contribution in [2.75, 3.05) is 0 Å². The van der Waals surface area contributed by atoms with Gasteiger partial charge in [0, 0.05) is 18.0 Å². The van der Waals surface area contributed by atoms with E-state index >= 15 is 0 Å². The molecule has 6 nitrogen and oxygen atoms in total. The van der Waals surface area contributed by atoms with Gasteiger partial charge in [0.2, 0.25) is 0 Å². The molecule has 7 heteroatoms. The number of thiazole rings is 1. The van der Waals surface area contributed by atoms with Crippen LogP contribution in [-0.2, 0) is 13.2 Å². The van der Waals surface area contributed by atoms with Crippen LogP contribution in [-0.4, -0.2) is 15.5 Å². The average Bonchev–Trinajstić information content (AvgIpc) is 3.28. The number of amides is 1. The summed E-state index contributed by atoms with van der Waals surface area (Å²) in [6, 6.07) is 28.5. The van der Waals surface area contributed by atoms with Gasteiger partial charge >= 0.3 is 0 Å². The second-order valence-corrected chi connectivity index (χ2v) is 9.03. The zero-order valence-corrected chi connectivity index (χ0v) is 19.9. The molecule has 0 spiro atoms. The molecule has 0 radical (unpaired) electrons. The summed E-state index contributed by atoms with van der Waals surface area (Å²) < 4.78 is 7.66. The van der Waals surface area contributed by atoms with Crippen LogP contribution in [0.3, 0.4) is 0 Å². The highest BCUT2D eigenvalue weighted by Gasteiger charge is 2.19. The van der Waals surface area contributed by atoms with Crippen LogP contribution in [0.1, 0.15) is 26.5 Å². The van der Waals surface area contributed by atoms with Crippen molar-refractivity contribution in [3.63, 3.8) is 0 Å². The molecule has 0 aliphatic heterocycles. The minimum atomic E-state index is -0.238. The number of nitrogens with one attached hydrogen (secondary N) is 1. The van der Waals surface area contributed by atoms with Gasteiger partial charge in [-0.1, -0.05) is 84.1 Å². The fourth-order valence-corrected chi connectivity index (χ4v) is 4.84. The van der Waals surface area contributed by atoms with Crippen LogP contribution >= 0.6 is 11.3 Å². The first-order chi connectivity index (χ1) is 17.1. The van der Waals surface area contributed by atoms with Crippen molar-refractivity contribution in [3.05, 3.63) is 123 Å². The SMILES string of the molecule is Cc1nc(-n2c(=O)ccc3cccc(OCc4ccccc4)c32)sc1C(=O)NCc1ccccc1. The lowest BCUT2D eigenvalue weighted by atomic mass is 10.2. The van der Waals surface area contributed by atoms with Crippen molar-refractivity contribution in [1.29, 1.82) is 0 Å². The molecule has 0 fully saturated rings. The van der Waals surface area contributed by atoms with E-state index in [1.54, 1.807) is 13.0 Å². The highest BCUT2D eigenvalue weighted by molar-refractivity contribution is 7.16. The third-order valence-electron chi connectivity index (χ3n) is 5.60. The van der Waals surface area contributed by atoms with Gasteiger partial charge in [0.1, 0.15) is 22.8 Å². The number of ether oxygens (including phenoxy) is 1. The number of nitrogens with zero attached hydrogens (tertiary/aromatic N) is 2. The summed E-state index contributed by atoms with van der Waals surface area (Å²) in [6.45, 7) is 2.56. The van der Waals surface area contributed by atoms with Crippen molar-refractivity contribution < 1.29 is 9.53 Å². The Hall–Kier alpha value is -4.23. The van der Waals surface area contributed by atoms with Gasteiger partial charge in [0.05, 0.1) is 5.69 Å². The first-order valence-corrected chi connectivity index (χ1v) is 12.0. The largest absolute Gasteiger partial charge is 0.487 e. The summed E-state index contributed by atoms with van der Waals surface area (Å²) in [4.78, 5) is 31.0. The first kappa shape index (κ1) is 22.6. The Morgan fingerprint density at radius 2 is 1.63 bits per heavy atom. The van der Waals surface area contributed by atoms with E-state index in [1.807, 2.05) is 78.9 Å². The summed E-state index contributed by atoms with van der Waals surface area (Å²) in [6.07, 6.45) is 0. The Labute approximate surface area is 206 Å². The van der Waals surface area contributed by atoms with E-state index in [1.165, 1.54) is 22.0 Å². The third kappa shape index (κ3) is 4.85. The number of pyridine rings is 1. The van der Waals surface area contributed by atoms with Crippen LogP contribution in [0.2, 0.25) is 0 Å². The molecule has 0 aliphatic carbocycles. The predicted molar refractivity (Wildman–Crippen MR) is 138 cm³/mol. The van der Waals surface area contributed by atoms with Crippen molar-refractivity contribution in [1.82, 2.24) is 14.9 Å². The quantitative estimate of drug-likeness (QED) is 0.344. The predicted octanol–water partition coefficient (Wildman–Crippen LogP) is 5.26. The molecule has 0 unspecified atom stereocenters. The zero-order chi connectivity index (χ0) is 24.2. The van der Waals surface area contributed by atoms with Gasteiger partial charge in [0.25, 0.3) is 11.5 Å². The van der Waals surface area contributed by atoms with Gasteiger partial charge in [-0.25, -0.2) is 9.55 Å². The summed E-state index contributed by atoms with van der Waals surface area (Å²) in [5.41, 5.74) is 2.99. The highest BCUT2D eigenvalue weighted by atomic mass is 32.1. The third-order valence-corrected chi connectivity index (χ3v) is 6.74. The maximum absolute atomic E-state index is 13.0. The Balaban J connectivity index is 1.49. The number of rotatable bonds is 7. The molecule has 0 bridgehead atoms. The number of aromatic nitrogens is 2. The summed E-state index contributed by atoms with van der Waals surface area (Å²) in [5.74, 6) is 0.357. The minimum Gasteiger partial charge on any atom is -0.487 e. The van der Waals surface area contributed by atoms with Gasteiger partial charge in [-0.3, -0.25) is 9.59 Å². The molecule has 5 rings (SSSR count). The van der Waals surface area contributed by atoms with Gasteiger partial charge in [-0.05, 0) is 30.2 Å². The molecule has 3 aromatic carbocycles. The Kier molecular flexibility index (Phi) is 6.41. The second kappa shape index (κ2) is 9.95. The molecular weight excluding hydrogens is 458 g/mol. The molecule has 2 aromatic heterocycles. The van der Waals surface area contributed by atoms with Crippen molar-refractivity contribution in [2.45, 2.75) is 20.1 Å². The molecule has 35 heavy (non-hydrogen) atoms. The van der Waals surface area contributed by atoms with Crippen molar-refractivity contribution >= 4 is 28.1 Å². The van der Waals surface area contributed by atoms with E-state index in [0.717, 1.165) is 16.5 Å². The fourth-order valence-electron chi connectivity index (χ4n) is 3.85. The van der Waals surface area contributed by atoms with E-state index in [-0.39, 0.29) is 11.5 Å². The van der Waals surface area contributed by atoms with Crippen LogP contribution in [0.4, 0.5) is 0 Å². The fraction of sp³-hybridized carbons (Fsp3) is 0.107. The lowest BCUT2D eigenvalue weighted by Gasteiger charge is -2.13. The van der Waals surface area contributed by atoms with E-state index in [4.69, 9.17) is 4.74 Å². The molecule has 0 saturated heterocycles. The van der Waals surface area contributed by atoms with Crippen LogP contribution in [0.15, 0.2) is 95.8 Å². The van der Waals surface area contributed by atoms with Crippen LogP contribution in [0.25, 0.3) is 16.0 Å². The number of hydrogen-bond donors (Lipinski definition) is 1. The zero-order valence-electron chi connectivity index (χ0n) is 19.1. The molecular formula is C28H23N3O3S. The number of benzene rings is 3. The van der Waals surface area contributed by atoms with Crippen LogP contribution in [0, 0.1) is 6.92 Å². The lowest BCUT2D eigenvalue weighted by Crippen LogP contribution is -2.22. The Morgan fingerprint density at radius 3 is 2.37 bits per heavy atom. The number of carbonyl (C=O) groups excluding carboxylic acids is 1. The summed E-state index contributed by atoms with van der Waals surface area (Å²) in [5, 5.41) is 4.22. The van der Waals surface area contributed by atoms with E-state index in [0.29, 0.717) is 40.1 Å². The lowest BCUT2D eigenvalue weighted by molar-refractivity contribution is 0.0954. The van der Waals surface area contributed by atoms with Gasteiger partial charge in [-0.2, -0.15) is 0 Å². The molecule has 0 atom stereocenters. The molecule has 1 amide bonds. The number of fused-ring (bicyclic) bond motifs is 1. The summed E-state index contributed by atoms with van der Waals surface area (Å²) in [7, 11) is 0. The smallest absolute Gasteiger partial charge is 0.263 e. The molecule has 0 aliphatic rings. The normalized spacial score (nSPS) is 10.9. The average molecular weight is 482 g/mol. The first-order valence-electron chi connectivity index (χ1n) is 11.2.